The summed E-state index contributed by atoms with van der Waals surface area (Å²) in [5, 5.41) is 11.1. The molecule has 0 aliphatic carbocycles. The van der Waals surface area contributed by atoms with Crippen molar-refractivity contribution in [3.8, 4) is 0 Å². The van der Waals surface area contributed by atoms with E-state index in [9.17, 15) is 9.59 Å². The number of aromatic nitrogens is 1. The number of pyridine rings is 1. The van der Waals surface area contributed by atoms with E-state index in [0.717, 1.165) is 5.56 Å². The maximum absolute atomic E-state index is 11.4. The van der Waals surface area contributed by atoms with Crippen molar-refractivity contribution in [1.82, 2.24) is 4.98 Å². The van der Waals surface area contributed by atoms with Crippen molar-refractivity contribution in [3.63, 3.8) is 0 Å². The molecule has 0 aliphatic rings. The van der Waals surface area contributed by atoms with Gasteiger partial charge in [0, 0.05) is 0 Å². The summed E-state index contributed by atoms with van der Waals surface area (Å²) in [7, 11) is 0. The van der Waals surface area contributed by atoms with E-state index >= 15 is 0 Å². The number of carboxylic acids is 1. The molecule has 1 amide bonds. The maximum atomic E-state index is 11.4. The number of carbonyl (C=O) groups is 2. The number of hydrogen-bond acceptors (Lipinski definition) is 3. The van der Waals surface area contributed by atoms with Crippen molar-refractivity contribution in [1.29, 1.82) is 0 Å². The van der Waals surface area contributed by atoms with E-state index in [4.69, 9.17) is 5.11 Å². The van der Waals surface area contributed by atoms with Gasteiger partial charge >= 0.3 is 5.97 Å². The minimum absolute atomic E-state index is 0.485. The fraction of sp³-hybridized carbons (Fsp3) is 0.300. The third kappa shape index (κ3) is 3.03. The SMILES string of the molecule is Cc1cc(NC(=O)C(C)C(=O)O)cnc1Br. The molecule has 2 N–H and O–H groups in total. The van der Waals surface area contributed by atoms with Gasteiger partial charge in [0.15, 0.2) is 0 Å². The number of amides is 1. The van der Waals surface area contributed by atoms with Crippen molar-refractivity contribution >= 4 is 33.5 Å². The Labute approximate surface area is 101 Å². The molecule has 1 unspecified atom stereocenters. The van der Waals surface area contributed by atoms with Crippen LogP contribution in [0.25, 0.3) is 0 Å². The van der Waals surface area contributed by atoms with Gasteiger partial charge in [0.25, 0.3) is 0 Å². The monoisotopic (exact) mass is 286 g/mol. The van der Waals surface area contributed by atoms with Gasteiger partial charge in [-0.1, -0.05) is 0 Å². The molecule has 1 aromatic heterocycles. The molecule has 5 nitrogen and oxygen atoms in total. The van der Waals surface area contributed by atoms with E-state index < -0.39 is 17.8 Å². The molecule has 0 aliphatic heterocycles. The first-order valence-corrected chi connectivity index (χ1v) is 5.37. The lowest BCUT2D eigenvalue weighted by atomic mass is 10.1. The Balaban J connectivity index is 2.77. The fourth-order valence-corrected chi connectivity index (χ4v) is 1.21. The molecule has 6 heteroatoms. The molecule has 1 heterocycles. The van der Waals surface area contributed by atoms with Gasteiger partial charge in [-0.2, -0.15) is 0 Å². The summed E-state index contributed by atoms with van der Waals surface area (Å²) in [6, 6.07) is 1.71. The molecule has 86 valence electrons. The predicted octanol–water partition coefficient (Wildman–Crippen LogP) is 1.81. The molecule has 0 saturated carbocycles. The number of nitrogens with zero attached hydrogens (tertiary/aromatic N) is 1. The summed E-state index contributed by atoms with van der Waals surface area (Å²) < 4.78 is 0.691. The van der Waals surface area contributed by atoms with Gasteiger partial charge in [0.2, 0.25) is 5.91 Å². The lowest BCUT2D eigenvalue weighted by molar-refractivity contribution is -0.144. The van der Waals surface area contributed by atoms with Crippen LogP contribution in [-0.2, 0) is 9.59 Å². The van der Waals surface area contributed by atoms with E-state index in [1.807, 2.05) is 6.92 Å². The van der Waals surface area contributed by atoms with Crippen molar-refractivity contribution < 1.29 is 14.7 Å². The minimum atomic E-state index is -1.15. The van der Waals surface area contributed by atoms with Crippen LogP contribution in [0.2, 0.25) is 0 Å². The van der Waals surface area contributed by atoms with E-state index in [2.05, 4.69) is 26.2 Å². The molecule has 0 radical (unpaired) electrons. The zero-order chi connectivity index (χ0) is 12.3. The smallest absolute Gasteiger partial charge is 0.315 e. The normalized spacial score (nSPS) is 11.9. The van der Waals surface area contributed by atoms with Gasteiger partial charge in [-0.25, -0.2) is 4.98 Å². The molecule has 0 aromatic carbocycles. The number of carbonyl (C=O) groups excluding carboxylic acids is 1. The number of halogens is 1. The highest BCUT2D eigenvalue weighted by molar-refractivity contribution is 9.10. The van der Waals surface area contributed by atoms with Crippen LogP contribution >= 0.6 is 15.9 Å². The van der Waals surface area contributed by atoms with Gasteiger partial charge < -0.3 is 10.4 Å². The number of hydrogen-bond donors (Lipinski definition) is 2. The molecule has 1 rings (SSSR count). The van der Waals surface area contributed by atoms with Gasteiger partial charge in [-0.15, -0.1) is 0 Å². The van der Waals surface area contributed by atoms with Crippen LogP contribution in [0.4, 0.5) is 5.69 Å². The van der Waals surface area contributed by atoms with Crippen molar-refractivity contribution in [2.75, 3.05) is 5.32 Å². The number of aryl methyl sites for hydroxylation is 1. The van der Waals surface area contributed by atoms with Crippen LogP contribution in [0.5, 0.6) is 0 Å². The third-order valence-corrected chi connectivity index (χ3v) is 2.88. The molecule has 0 fully saturated rings. The van der Waals surface area contributed by atoms with Crippen molar-refractivity contribution in [2.24, 2.45) is 5.92 Å². The first-order chi connectivity index (χ1) is 7.41. The van der Waals surface area contributed by atoms with Gasteiger partial charge in [0.05, 0.1) is 11.9 Å². The number of carboxylic acid groups (broad SMARTS) is 1. The van der Waals surface area contributed by atoms with Crippen LogP contribution < -0.4 is 5.32 Å². The topological polar surface area (TPSA) is 79.3 Å². The van der Waals surface area contributed by atoms with E-state index in [-0.39, 0.29) is 0 Å². The fourth-order valence-electron chi connectivity index (χ4n) is 0.989. The number of nitrogens with one attached hydrogen (secondary N) is 1. The highest BCUT2D eigenvalue weighted by atomic mass is 79.9. The molecular formula is C10H11BrN2O3. The highest BCUT2D eigenvalue weighted by Crippen LogP contribution is 2.17. The second-order valence-electron chi connectivity index (χ2n) is 3.38. The standard InChI is InChI=1S/C10H11BrN2O3/c1-5-3-7(4-12-8(5)11)13-9(14)6(2)10(15)16/h3-4,6H,1-2H3,(H,13,14)(H,15,16). The van der Waals surface area contributed by atoms with Gasteiger partial charge in [-0.05, 0) is 41.4 Å². The molecule has 16 heavy (non-hydrogen) atoms. The number of aliphatic carboxylic acids is 1. The molecule has 1 atom stereocenters. The van der Waals surface area contributed by atoms with Crippen LogP contribution in [0, 0.1) is 12.8 Å². The lowest BCUT2D eigenvalue weighted by Gasteiger charge is -2.08. The summed E-state index contributed by atoms with van der Waals surface area (Å²) in [4.78, 5) is 26.0. The van der Waals surface area contributed by atoms with Crippen LogP contribution in [0.1, 0.15) is 12.5 Å². The van der Waals surface area contributed by atoms with Crippen LogP contribution in [0.3, 0.4) is 0 Å². The molecule has 0 bridgehead atoms. The Kier molecular flexibility index (Phi) is 4.00. The average Bonchev–Trinajstić information content (AvgIpc) is 2.22. The summed E-state index contributed by atoms with van der Waals surface area (Å²) in [5.74, 6) is -2.79. The zero-order valence-electron chi connectivity index (χ0n) is 8.82. The quantitative estimate of drug-likeness (QED) is 0.656. The molecule has 0 saturated heterocycles. The second-order valence-corrected chi connectivity index (χ2v) is 4.13. The van der Waals surface area contributed by atoms with E-state index in [0.29, 0.717) is 10.3 Å². The largest absolute Gasteiger partial charge is 0.481 e. The molecular weight excluding hydrogens is 276 g/mol. The summed E-state index contributed by atoms with van der Waals surface area (Å²) in [5.41, 5.74) is 1.35. The summed E-state index contributed by atoms with van der Waals surface area (Å²) in [6.07, 6.45) is 1.46. The molecule has 1 aromatic rings. The molecule has 0 spiro atoms. The van der Waals surface area contributed by atoms with E-state index in [1.165, 1.54) is 13.1 Å². The van der Waals surface area contributed by atoms with Crippen LogP contribution in [-0.4, -0.2) is 22.0 Å². The van der Waals surface area contributed by atoms with Crippen molar-refractivity contribution in [3.05, 3.63) is 22.4 Å². The van der Waals surface area contributed by atoms with Crippen LogP contribution in [0.15, 0.2) is 16.9 Å². The Morgan fingerprint density at radius 2 is 2.19 bits per heavy atom. The Hall–Kier alpha value is -1.43. The lowest BCUT2D eigenvalue weighted by Crippen LogP contribution is -2.26. The summed E-state index contributed by atoms with van der Waals surface area (Å²) >= 11 is 3.23. The first kappa shape index (κ1) is 12.6. The highest BCUT2D eigenvalue weighted by Gasteiger charge is 2.20. The Morgan fingerprint density at radius 1 is 1.56 bits per heavy atom. The Morgan fingerprint density at radius 3 is 2.69 bits per heavy atom. The zero-order valence-corrected chi connectivity index (χ0v) is 10.4. The number of anilines is 1. The Bertz CT molecular complexity index is 434. The summed E-state index contributed by atoms with van der Waals surface area (Å²) in [6.45, 7) is 3.16. The van der Waals surface area contributed by atoms with Gasteiger partial charge in [-0.3, -0.25) is 9.59 Å². The van der Waals surface area contributed by atoms with E-state index in [1.54, 1.807) is 6.07 Å². The minimum Gasteiger partial charge on any atom is -0.481 e. The average molecular weight is 287 g/mol. The third-order valence-electron chi connectivity index (χ3n) is 2.05. The maximum Gasteiger partial charge on any atom is 0.315 e. The first-order valence-electron chi connectivity index (χ1n) is 4.57. The van der Waals surface area contributed by atoms with Gasteiger partial charge in [0.1, 0.15) is 10.5 Å². The second kappa shape index (κ2) is 5.07. The number of rotatable bonds is 3. The van der Waals surface area contributed by atoms with Crippen molar-refractivity contribution in [2.45, 2.75) is 13.8 Å². The predicted molar refractivity (Wildman–Crippen MR) is 62.1 cm³/mol.